The number of unbranched alkanes of at least 4 members (excludes halogenated alkanes) is 32. The van der Waals surface area contributed by atoms with Crippen LogP contribution in [-0.4, -0.2) is 96.7 Å². The van der Waals surface area contributed by atoms with Gasteiger partial charge in [0, 0.05) is 25.7 Å². The molecule has 0 heterocycles. The van der Waals surface area contributed by atoms with Crippen LogP contribution in [0.15, 0.2) is 72.9 Å². The first-order valence-electron chi connectivity index (χ1n) is 37.2. The van der Waals surface area contributed by atoms with Crippen LogP contribution in [0.1, 0.15) is 323 Å². The van der Waals surface area contributed by atoms with E-state index in [0.29, 0.717) is 25.7 Å². The lowest BCUT2D eigenvalue weighted by atomic mass is 10.1. The zero-order valence-corrected chi connectivity index (χ0v) is 61.2. The lowest BCUT2D eigenvalue weighted by Gasteiger charge is -2.21. The van der Waals surface area contributed by atoms with E-state index in [1.54, 1.807) is 0 Å². The van der Waals surface area contributed by atoms with E-state index >= 15 is 0 Å². The van der Waals surface area contributed by atoms with Crippen molar-refractivity contribution in [1.29, 1.82) is 0 Å². The van der Waals surface area contributed by atoms with Gasteiger partial charge in [-0.2, -0.15) is 0 Å². The molecule has 0 fully saturated rings. The SMILES string of the molecule is CC/C=C\C/C=C\C/C=C\CCCCCCCC(=O)OCC(COP(=O)(O)OCC(O)COP(=O)(O)OCC(COC(=O)CCCCCCC/C=C\C/C=C\CCCCC)OC(=O)CCCCCCC/C=C\CCCCCC)OC(=O)CCCCCCCCCCCCC. The summed E-state index contributed by atoms with van der Waals surface area (Å²) in [6, 6.07) is 0. The Morgan fingerprint density at radius 1 is 0.309 bits per heavy atom. The Balaban J connectivity index is 5.32. The molecule has 17 nitrogen and oxygen atoms in total. The second-order valence-electron chi connectivity index (χ2n) is 24.9. The molecule has 94 heavy (non-hydrogen) atoms. The monoisotopic (exact) mass is 1370 g/mol. The number of carbonyl (C=O) groups is 4. The highest BCUT2D eigenvalue weighted by molar-refractivity contribution is 7.47. The molecule has 0 aliphatic heterocycles. The molecule has 0 bridgehead atoms. The summed E-state index contributed by atoms with van der Waals surface area (Å²) in [5.41, 5.74) is 0. The Kier molecular flexibility index (Phi) is 65.5. The van der Waals surface area contributed by atoms with Gasteiger partial charge < -0.3 is 33.8 Å². The summed E-state index contributed by atoms with van der Waals surface area (Å²) in [5, 5.41) is 10.6. The molecule has 0 radical (unpaired) electrons. The molecule has 5 unspecified atom stereocenters. The minimum atomic E-state index is -4.97. The van der Waals surface area contributed by atoms with E-state index in [0.717, 1.165) is 161 Å². The first-order chi connectivity index (χ1) is 45.7. The van der Waals surface area contributed by atoms with Gasteiger partial charge in [-0.05, 0) is 116 Å². The fourth-order valence-electron chi connectivity index (χ4n) is 9.97. The van der Waals surface area contributed by atoms with Crippen LogP contribution in [0, 0.1) is 0 Å². The van der Waals surface area contributed by atoms with Crippen molar-refractivity contribution in [3.63, 3.8) is 0 Å². The van der Waals surface area contributed by atoms with Gasteiger partial charge in [0.25, 0.3) is 0 Å². The molecule has 19 heteroatoms. The van der Waals surface area contributed by atoms with Gasteiger partial charge in [0.15, 0.2) is 12.2 Å². The molecule has 5 atom stereocenters. The summed E-state index contributed by atoms with van der Waals surface area (Å²) < 4.78 is 68.3. The maximum atomic E-state index is 13.0. The Morgan fingerprint density at radius 3 is 0.894 bits per heavy atom. The topological polar surface area (TPSA) is 237 Å². The largest absolute Gasteiger partial charge is 0.472 e. The van der Waals surface area contributed by atoms with Gasteiger partial charge in [0.2, 0.25) is 0 Å². The molecule has 0 aromatic heterocycles. The maximum Gasteiger partial charge on any atom is 0.472 e. The van der Waals surface area contributed by atoms with Crippen LogP contribution >= 0.6 is 15.6 Å². The van der Waals surface area contributed by atoms with Crippen LogP contribution in [-0.2, 0) is 65.4 Å². The van der Waals surface area contributed by atoms with Crippen molar-refractivity contribution in [3.8, 4) is 0 Å². The highest BCUT2D eigenvalue weighted by atomic mass is 31.2. The number of carbonyl (C=O) groups excluding carboxylic acids is 4. The standard InChI is InChI=1S/C75H134O17P2/c1-5-9-13-17-21-25-29-32-34-37-40-43-47-51-55-59-72(77)85-65-70(91-74(79)61-57-53-49-45-39-28-24-20-16-12-8-4)67-89-93(81,82)87-63-69(76)64-88-94(83,84)90-68-71(92-75(80)62-58-54-50-46-42-36-31-27-23-19-15-11-7-3)66-86-73(78)60-56-52-48-44-41-38-35-33-30-26-22-18-14-10-6-2/h9,13,21-22,25-27,31-35,69-71,76H,5-8,10-12,14-20,23-24,28-30,36-68H2,1-4H3,(H,81,82)(H,83,84)/b13-9-,25-21-,26-22-,31-27-,34-32-,35-33-. The summed E-state index contributed by atoms with van der Waals surface area (Å²) in [6.07, 6.45) is 66.1. The molecule has 0 saturated carbocycles. The third kappa shape index (κ3) is 67.1. The normalized spacial score (nSPS) is 14.4. The predicted molar refractivity (Wildman–Crippen MR) is 381 cm³/mol. The van der Waals surface area contributed by atoms with E-state index in [1.165, 1.54) is 83.5 Å². The van der Waals surface area contributed by atoms with Crippen molar-refractivity contribution in [2.45, 2.75) is 341 Å². The zero-order valence-electron chi connectivity index (χ0n) is 59.4. The number of hydrogen-bond acceptors (Lipinski definition) is 15. The number of esters is 4. The van der Waals surface area contributed by atoms with E-state index in [2.05, 4.69) is 101 Å². The maximum absolute atomic E-state index is 13.0. The van der Waals surface area contributed by atoms with Gasteiger partial charge in [0.1, 0.15) is 19.3 Å². The summed E-state index contributed by atoms with van der Waals surface area (Å²) in [6.45, 7) is 4.69. The number of hydrogen-bond donors (Lipinski definition) is 3. The molecule has 0 aromatic carbocycles. The average molecular weight is 1370 g/mol. The van der Waals surface area contributed by atoms with Gasteiger partial charge in [0.05, 0.1) is 26.4 Å². The van der Waals surface area contributed by atoms with E-state index in [-0.39, 0.29) is 25.7 Å². The van der Waals surface area contributed by atoms with Gasteiger partial charge in [-0.1, -0.05) is 255 Å². The van der Waals surface area contributed by atoms with Crippen molar-refractivity contribution in [2.75, 3.05) is 39.6 Å². The smallest absolute Gasteiger partial charge is 0.462 e. The number of phosphoric acid groups is 2. The third-order valence-electron chi connectivity index (χ3n) is 15.7. The number of allylic oxidation sites excluding steroid dienone is 12. The van der Waals surface area contributed by atoms with E-state index in [4.69, 9.17) is 37.0 Å². The number of aliphatic hydroxyl groups is 1. The summed E-state index contributed by atoms with van der Waals surface area (Å²) in [5.74, 6) is -2.20. The fraction of sp³-hybridized carbons (Fsp3) is 0.787. The van der Waals surface area contributed by atoms with Crippen molar-refractivity contribution in [3.05, 3.63) is 72.9 Å². The van der Waals surface area contributed by atoms with Crippen LogP contribution in [0.4, 0.5) is 0 Å². The van der Waals surface area contributed by atoms with Gasteiger partial charge in [-0.25, -0.2) is 9.13 Å². The fourth-order valence-corrected chi connectivity index (χ4v) is 11.5. The van der Waals surface area contributed by atoms with Crippen LogP contribution in [0.2, 0.25) is 0 Å². The first kappa shape index (κ1) is 90.5. The molecule has 0 rings (SSSR count). The van der Waals surface area contributed by atoms with Crippen LogP contribution < -0.4 is 0 Å². The molecular formula is C75H134O17P2. The second-order valence-corrected chi connectivity index (χ2v) is 27.8. The number of ether oxygens (including phenoxy) is 4. The highest BCUT2D eigenvalue weighted by Crippen LogP contribution is 2.45. The minimum absolute atomic E-state index is 0.0843. The van der Waals surface area contributed by atoms with Gasteiger partial charge >= 0.3 is 39.5 Å². The second kappa shape index (κ2) is 68.0. The molecular weight excluding hydrogens is 1230 g/mol. The molecule has 0 aromatic rings. The highest BCUT2D eigenvalue weighted by Gasteiger charge is 2.30. The number of rotatable bonds is 70. The molecule has 0 aliphatic carbocycles. The van der Waals surface area contributed by atoms with Crippen LogP contribution in [0.25, 0.3) is 0 Å². The van der Waals surface area contributed by atoms with Crippen molar-refractivity contribution >= 4 is 39.5 Å². The molecule has 0 aliphatic rings. The Bertz CT molecular complexity index is 2070. The number of phosphoric ester groups is 2. The Hall–Kier alpha value is -3.50. The van der Waals surface area contributed by atoms with E-state index in [9.17, 15) is 43.2 Å². The molecule has 546 valence electrons. The molecule has 3 N–H and O–H groups in total. The Morgan fingerprint density at radius 2 is 0.553 bits per heavy atom. The summed E-state index contributed by atoms with van der Waals surface area (Å²) in [4.78, 5) is 72.7. The van der Waals surface area contributed by atoms with E-state index in [1.807, 2.05) is 0 Å². The third-order valence-corrected chi connectivity index (χ3v) is 17.6. The number of aliphatic hydroxyl groups excluding tert-OH is 1. The van der Waals surface area contributed by atoms with Crippen LogP contribution in [0.5, 0.6) is 0 Å². The summed E-state index contributed by atoms with van der Waals surface area (Å²) >= 11 is 0. The minimum Gasteiger partial charge on any atom is -0.462 e. The Labute approximate surface area is 571 Å². The molecule has 0 spiro atoms. The zero-order chi connectivity index (χ0) is 69.0. The van der Waals surface area contributed by atoms with Crippen molar-refractivity contribution in [1.82, 2.24) is 0 Å². The van der Waals surface area contributed by atoms with Crippen molar-refractivity contribution < 1.29 is 80.2 Å². The average Bonchev–Trinajstić information content (AvgIpc) is 1.35. The molecule has 0 amide bonds. The first-order valence-corrected chi connectivity index (χ1v) is 40.2. The van der Waals surface area contributed by atoms with Crippen LogP contribution in [0.3, 0.4) is 0 Å². The van der Waals surface area contributed by atoms with E-state index < -0.39 is 97.5 Å². The lowest BCUT2D eigenvalue weighted by molar-refractivity contribution is -0.161. The quantitative estimate of drug-likeness (QED) is 0.0169. The predicted octanol–water partition coefficient (Wildman–Crippen LogP) is 20.9. The van der Waals surface area contributed by atoms with Gasteiger partial charge in [-0.15, -0.1) is 0 Å². The van der Waals surface area contributed by atoms with Gasteiger partial charge in [-0.3, -0.25) is 37.3 Å². The summed E-state index contributed by atoms with van der Waals surface area (Å²) in [7, 11) is -9.94. The molecule has 0 saturated heterocycles. The van der Waals surface area contributed by atoms with Crippen molar-refractivity contribution in [2.24, 2.45) is 0 Å². The lowest BCUT2D eigenvalue weighted by Crippen LogP contribution is -2.30.